The van der Waals surface area contributed by atoms with Crippen molar-refractivity contribution in [2.75, 3.05) is 13.1 Å². The third kappa shape index (κ3) is 3.70. The third-order valence-electron chi connectivity index (χ3n) is 6.18. The normalized spacial score (nSPS) is 34.0. The topological polar surface area (TPSA) is 53.5 Å². The molecule has 0 aromatic carbocycles. The SMILES string of the molecule is C/C(=N\NC(=O)C1CCCC2CCCCC21)C1CCNCC1. The van der Waals surface area contributed by atoms with Gasteiger partial charge in [0.1, 0.15) is 0 Å². The fourth-order valence-electron chi connectivity index (χ4n) is 4.82. The van der Waals surface area contributed by atoms with Crippen LogP contribution >= 0.6 is 0 Å². The van der Waals surface area contributed by atoms with Crippen LogP contribution in [0.25, 0.3) is 0 Å². The maximum Gasteiger partial charge on any atom is 0.243 e. The Labute approximate surface area is 134 Å². The van der Waals surface area contributed by atoms with Crippen molar-refractivity contribution in [1.82, 2.24) is 10.7 Å². The average Bonchev–Trinajstić information content (AvgIpc) is 2.59. The molecule has 3 rings (SSSR count). The van der Waals surface area contributed by atoms with Crippen LogP contribution in [0.5, 0.6) is 0 Å². The van der Waals surface area contributed by atoms with Gasteiger partial charge in [-0.15, -0.1) is 0 Å². The van der Waals surface area contributed by atoms with Gasteiger partial charge in [0.2, 0.25) is 5.91 Å². The van der Waals surface area contributed by atoms with Gasteiger partial charge in [-0.05, 0) is 57.5 Å². The number of amides is 1. The predicted octanol–water partition coefficient (Wildman–Crippen LogP) is 3.08. The Morgan fingerprint density at radius 2 is 1.73 bits per heavy atom. The molecule has 2 saturated carbocycles. The van der Waals surface area contributed by atoms with E-state index >= 15 is 0 Å². The summed E-state index contributed by atoms with van der Waals surface area (Å²) < 4.78 is 0. The highest BCUT2D eigenvalue weighted by atomic mass is 16.2. The van der Waals surface area contributed by atoms with Gasteiger partial charge in [-0.3, -0.25) is 4.79 Å². The lowest BCUT2D eigenvalue weighted by atomic mass is 9.65. The molecule has 3 unspecified atom stereocenters. The zero-order chi connectivity index (χ0) is 15.4. The van der Waals surface area contributed by atoms with E-state index < -0.39 is 0 Å². The van der Waals surface area contributed by atoms with Crippen LogP contribution in [0.15, 0.2) is 5.10 Å². The highest BCUT2D eigenvalue weighted by Crippen LogP contribution is 2.43. The van der Waals surface area contributed by atoms with Gasteiger partial charge < -0.3 is 5.32 Å². The van der Waals surface area contributed by atoms with Gasteiger partial charge in [-0.25, -0.2) is 5.43 Å². The molecule has 0 spiro atoms. The first-order valence-electron chi connectivity index (χ1n) is 9.30. The van der Waals surface area contributed by atoms with E-state index in [1.807, 2.05) is 0 Å². The second kappa shape index (κ2) is 7.58. The molecule has 3 atom stereocenters. The molecule has 1 aliphatic heterocycles. The summed E-state index contributed by atoms with van der Waals surface area (Å²) in [6, 6.07) is 0. The van der Waals surface area contributed by atoms with Gasteiger partial charge >= 0.3 is 0 Å². The van der Waals surface area contributed by atoms with Gasteiger partial charge in [0.25, 0.3) is 0 Å². The van der Waals surface area contributed by atoms with Crippen molar-refractivity contribution in [3.63, 3.8) is 0 Å². The first-order valence-corrected chi connectivity index (χ1v) is 9.30. The summed E-state index contributed by atoms with van der Waals surface area (Å²) in [4.78, 5) is 12.6. The largest absolute Gasteiger partial charge is 0.317 e. The summed E-state index contributed by atoms with van der Waals surface area (Å²) in [7, 11) is 0. The first kappa shape index (κ1) is 16.0. The molecule has 22 heavy (non-hydrogen) atoms. The van der Waals surface area contributed by atoms with Crippen LogP contribution in [0, 0.1) is 23.7 Å². The second-order valence-electron chi connectivity index (χ2n) is 7.50. The smallest absolute Gasteiger partial charge is 0.243 e. The fourth-order valence-corrected chi connectivity index (χ4v) is 4.82. The summed E-state index contributed by atoms with van der Waals surface area (Å²) in [5, 5.41) is 7.82. The van der Waals surface area contributed by atoms with Crippen LogP contribution in [0.3, 0.4) is 0 Å². The standard InChI is InChI=1S/C18H31N3O/c1-13(14-9-11-19-12-10-14)20-21-18(22)17-8-4-6-15-5-2-3-7-16(15)17/h14-17,19H,2-12H2,1H3,(H,21,22)/b20-13+. The lowest BCUT2D eigenvalue weighted by Gasteiger charge is -2.40. The van der Waals surface area contributed by atoms with Crippen molar-refractivity contribution < 1.29 is 4.79 Å². The van der Waals surface area contributed by atoms with E-state index in [0.29, 0.717) is 11.8 Å². The molecule has 4 nitrogen and oxygen atoms in total. The minimum Gasteiger partial charge on any atom is -0.317 e. The Hall–Kier alpha value is -0.900. The predicted molar refractivity (Wildman–Crippen MR) is 89.6 cm³/mol. The molecule has 1 saturated heterocycles. The molecular weight excluding hydrogens is 274 g/mol. The molecule has 2 aliphatic carbocycles. The Morgan fingerprint density at radius 1 is 1.00 bits per heavy atom. The van der Waals surface area contributed by atoms with Gasteiger partial charge in [0.15, 0.2) is 0 Å². The van der Waals surface area contributed by atoms with E-state index in [0.717, 1.165) is 44.0 Å². The zero-order valence-corrected chi connectivity index (χ0v) is 13.9. The van der Waals surface area contributed by atoms with Crippen LogP contribution in [0.2, 0.25) is 0 Å². The summed E-state index contributed by atoms with van der Waals surface area (Å²) >= 11 is 0. The van der Waals surface area contributed by atoms with Crippen molar-refractivity contribution in [3.8, 4) is 0 Å². The van der Waals surface area contributed by atoms with E-state index in [2.05, 4.69) is 22.8 Å². The number of hydrogen-bond acceptors (Lipinski definition) is 3. The summed E-state index contributed by atoms with van der Waals surface area (Å²) in [5.74, 6) is 2.36. The van der Waals surface area contributed by atoms with E-state index in [1.165, 1.54) is 38.5 Å². The molecule has 3 fully saturated rings. The minimum absolute atomic E-state index is 0.185. The molecule has 1 heterocycles. The number of carbonyl (C=O) groups excluding carboxylic acids is 1. The molecule has 124 valence electrons. The van der Waals surface area contributed by atoms with Crippen LogP contribution in [0.1, 0.15) is 64.7 Å². The van der Waals surface area contributed by atoms with Gasteiger partial charge in [0.05, 0.1) is 0 Å². The molecular formula is C18H31N3O. The van der Waals surface area contributed by atoms with Crippen LogP contribution in [-0.2, 0) is 4.79 Å². The van der Waals surface area contributed by atoms with E-state index in [-0.39, 0.29) is 11.8 Å². The van der Waals surface area contributed by atoms with Gasteiger partial charge in [-0.2, -0.15) is 5.10 Å². The van der Waals surface area contributed by atoms with Crippen LogP contribution in [0.4, 0.5) is 0 Å². The number of carbonyl (C=O) groups is 1. The molecule has 2 N–H and O–H groups in total. The summed E-state index contributed by atoms with van der Waals surface area (Å²) in [5.41, 5.74) is 4.01. The fraction of sp³-hybridized carbons (Fsp3) is 0.889. The quantitative estimate of drug-likeness (QED) is 0.622. The number of piperidine rings is 1. The maximum atomic E-state index is 12.6. The van der Waals surface area contributed by atoms with Crippen molar-refractivity contribution >= 4 is 11.6 Å². The zero-order valence-electron chi connectivity index (χ0n) is 13.9. The summed E-state index contributed by atoms with van der Waals surface area (Å²) in [6.07, 6.45) is 11.2. The number of nitrogens with one attached hydrogen (secondary N) is 2. The molecule has 0 aromatic heterocycles. The van der Waals surface area contributed by atoms with E-state index in [9.17, 15) is 4.79 Å². The van der Waals surface area contributed by atoms with Crippen molar-refractivity contribution in [3.05, 3.63) is 0 Å². The Balaban J connectivity index is 1.56. The van der Waals surface area contributed by atoms with E-state index in [1.54, 1.807) is 0 Å². The van der Waals surface area contributed by atoms with Gasteiger partial charge in [0, 0.05) is 17.5 Å². The first-order chi connectivity index (χ1) is 10.8. The third-order valence-corrected chi connectivity index (χ3v) is 6.18. The van der Waals surface area contributed by atoms with Crippen molar-refractivity contribution in [2.45, 2.75) is 64.7 Å². The monoisotopic (exact) mass is 305 g/mol. The Kier molecular flexibility index (Phi) is 5.51. The lowest BCUT2D eigenvalue weighted by molar-refractivity contribution is -0.129. The van der Waals surface area contributed by atoms with Gasteiger partial charge in [-0.1, -0.05) is 32.1 Å². The number of fused-ring (bicyclic) bond motifs is 1. The number of hydrogen-bond donors (Lipinski definition) is 2. The molecule has 4 heteroatoms. The van der Waals surface area contributed by atoms with Crippen molar-refractivity contribution in [1.29, 1.82) is 0 Å². The highest BCUT2D eigenvalue weighted by molar-refractivity contribution is 5.87. The van der Waals surface area contributed by atoms with Crippen LogP contribution < -0.4 is 10.7 Å². The average molecular weight is 305 g/mol. The van der Waals surface area contributed by atoms with Crippen molar-refractivity contribution in [2.24, 2.45) is 28.8 Å². The molecule has 0 radical (unpaired) electrons. The lowest BCUT2D eigenvalue weighted by Crippen LogP contribution is -2.40. The second-order valence-corrected chi connectivity index (χ2v) is 7.50. The highest BCUT2D eigenvalue weighted by Gasteiger charge is 2.38. The Morgan fingerprint density at radius 3 is 2.55 bits per heavy atom. The van der Waals surface area contributed by atoms with Crippen LogP contribution in [-0.4, -0.2) is 24.7 Å². The molecule has 1 amide bonds. The Bertz CT molecular complexity index is 413. The molecule has 3 aliphatic rings. The number of nitrogens with zero attached hydrogens (tertiary/aromatic N) is 1. The molecule has 0 bridgehead atoms. The minimum atomic E-state index is 0.185. The number of rotatable bonds is 3. The number of hydrazone groups is 1. The molecule has 0 aromatic rings. The maximum absolute atomic E-state index is 12.6. The summed E-state index contributed by atoms with van der Waals surface area (Å²) in [6.45, 7) is 4.20. The van der Waals surface area contributed by atoms with E-state index in [4.69, 9.17) is 0 Å².